The molecule has 1 aliphatic rings. The summed E-state index contributed by atoms with van der Waals surface area (Å²) in [5, 5.41) is 20.1. The Bertz CT molecular complexity index is 925. The van der Waals surface area contributed by atoms with Gasteiger partial charge in [0, 0.05) is 21.6 Å². The Morgan fingerprint density at radius 2 is 1.72 bits per heavy atom. The third-order valence-corrected chi connectivity index (χ3v) is 6.56. The van der Waals surface area contributed by atoms with Crippen molar-refractivity contribution in [3.8, 4) is 5.75 Å². The number of hydrogen-bond acceptors (Lipinski definition) is 6. The van der Waals surface area contributed by atoms with E-state index in [4.69, 9.17) is 4.74 Å². The molecule has 2 aromatic rings. The van der Waals surface area contributed by atoms with E-state index in [9.17, 15) is 19.8 Å². The van der Waals surface area contributed by atoms with Gasteiger partial charge < -0.3 is 14.9 Å². The van der Waals surface area contributed by atoms with Crippen molar-refractivity contribution in [2.75, 3.05) is 0 Å². The number of aliphatic hydroxyl groups excluding tert-OH is 1. The summed E-state index contributed by atoms with van der Waals surface area (Å²) in [6.45, 7) is 5.82. The summed E-state index contributed by atoms with van der Waals surface area (Å²) in [5.74, 6) is -2.06. The first-order chi connectivity index (χ1) is 13.8. The number of thiophene rings is 1. The van der Waals surface area contributed by atoms with Crippen LogP contribution in [0.5, 0.6) is 5.75 Å². The summed E-state index contributed by atoms with van der Waals surface area (Å²) >= 11 is 1.55. The molecule has 1 aromatic carbocycles. The highest BCUT2D eigenvalue weighted by molar-refractivity contribution is 7.12. The van der Waals surface area contributed by atoms with Crippen molar-refractivity contribution in [2.45, 2.75) is 52.1 Å². The second kappa shape index (κ2) is 8.82. The SMILES string of the molecule is CCC(C1=C(O)C(=O)C(C(CC)Cc2ccc(O)cc2)OC1=O)c1ccc(C)s1. The number of carbonyl (C=O) groups excluding carboxylic acids is 2. The Labute approximate surface area is 174 Å². The standard InChI is InChI=1S/C23H26O5S/c1-4-15(12-14-7-9-16(24)10-8-14)22-21(26)20(25)19(23(27)28-22)17(5-2)18-11-6-13(3)29-18/h6-11,15,17,22,24-25H,4-5,12H2,1-3H3. The Hall–Kier alpha value is -2.60. The van der Waals surface area contributed by atoms with Gasteiger partial charge >= 0.3 is 5.97 Å². The maximum absolute atomic E-state index is 13.0. The van der Waals surface area contributed by atoms with Gasteiger partial charge in [-0.25, -0.2) is 4.79 Å². The first kappa shape index (κ1) is 21.1. The highest BCUT2D eigenvalue weighted by atomic mass is 32.1. The predicted molar refractivity (Wildman–Crippen MR) is 112 cm³/mol. The zero-order chi connectivity index (χ0) is 21.1. The molecule has 3 rings (SSSR count). The van der Waals surface area contributed by atoms with Crippen LogP contribution in [0.1, 0.15) is 47.9 Å². The number of aryl methyl sites for hydroxylation is 1. The van der Waals surface area contributed by atoms with Gasteiger partial charge in [0.25, 0.3) is 0 Å². The van der Waals surface area contributed by atoms with Crippen molar-refractivity contribution in [1.82, 2.24) is 0 Å². The smallest absolute Gasteiger partial charge is 0.339 e. The fourth-order valence-corrected chi connectivity index (χ4v) is 4.87. The molecular formula is C23H26O5S. The molecule has 0 bridgehead atoms. The van der Waals surface area contributed by atoms with E-state index in [0.717, 1.165) is 15.3 Å². The van der Waals surface area contributed by atoms with E-state index >= 15 is 0 Å². The van der Waals surface area contributed by atoms with Crippen molar-refractivity contribution in [3.63, 3.8) is 0 Å². The number of benzene rings is 1. The average molecular weight is 415 g/mol. The van der Waals surface area contributed by atoms with E-state index in [1.165, 1.54) is 0 Å². The maximum atomic E-state index is 13.0. The first-order valence-corrected chi connectivity index (χ1v) is 10.7. The topological polar surface area (TPSA) is 83.8 Å². The third kappa shape index (κ3) is 4.37. The largest absolute Gasteiger partial charge is 0.508 e. The second-order valence-electron chi connectivity index (χ2n) is 7.40. The van der Waals surface area contributed by atoms with Crippen molar-refractivity contribution in [3.05, 3.63) is 63.0 Å². The van der Waals surface area contributed by atoms with Crippen molar-refractivity contribution < 1.29 is 24.5 Å². The molecule has 3 unspecified atom stereocenters. The zero-order valence-corrected chi connectivity index (χ0v) is 17.7. The summed E-state index contributed by atoms with van der Waals surface area (Å²) in [6.07, 6.45) is 0.684. The maximum Gasteiger partial charge on any atom is 0.339 e. The van der Waals surface area contributed by atoms with Gasteiger partial charge in [0.1, 0.15) is 5.75 Å². The normalized spacial score (nSPS) is 19.2. The van der Waals surface area contributed by atoms with Gasteiger partial charge in [-0.05, 0) is 56.0 Å². The monoisotopic (exact) mass is 414 g/mol. The van der Waals surface area contributed by atoms with Gasteiger partial charge in [-0.3, -0.25) is 4.79 Å². The summed E-state index contributed by atoms with van der Waals surface area (Å²) in [5.41, 5.74) is 0.989. The summed E-state index contributed by atoms with van der Waals surface area (Å²) in [4.78, 5) is 27.8. The molecule has 0 saturated carbocycles. The van der Waals surface area contributed by atoms with Gasteiger partial charge in [0.2, 0.25) is 5.78 Å². The summed E-state index contributed by atoms with van der Waals surface area (Å²) < 4.78 is 5.59. The lowest BCUT2D eigenvalue weighted by Gasteiger charge is -2.31. The quantitative estimate of drug-likeness (QED) is 0.634. The number of carbonyl (C=O) groups is 2. The Kier molecular flexibility index (Phi) is 6.42. The molecule has 3 atom stereocenters. The van der Waals surface area contributed by atoms with Crippen LogP contribution in [0, 0.1) is 12.8 Å². The van der Waals surface area contributed by atoms with Gasteiger partial charge in [0.05, 0.1) is 5.57 Å². The summed E-state index contributed by atoms with van der Waals surface area (Å²) in [6, 6.07) is 10.6. The van der Waals surface area contributed by atoms with E-state index in [1.54, 1.807) is 35.6 Å². The van der Waals surface area contributed by atoms with Crippen molar-refractivity contribution in [2.24, 2.45) is 5.92 Å². The zero-order valence-electron chi connectivity index (χ0n) is 16.8. The predicted octanol–water partition coefficient (Wildman–Crippen LogP) is 4.83. The number of ether oxygens (including phenoxy) is 1. The average Bonchev–Trinajstić information content (AvgIpc) is 3.13. The number of ketones is 1. The number of phenolic OH excluding ortho intramolecular Hbond substituents is 1. The number of hydrogen-bond donors (Lipinski definition) is 2. The van der Waals surface area contributed by atoms with Crippen LogP contribution in [0.3, 0.4) is 0 Å². The molecule has 0 aliphatic carbocycles. The molecule has 154 valence electrons. The molecule has 2 heterocycles. The number of esters is 1. The number of cyclic esters (lactones) is 1. The molecule has 0 spiro atoms. The molecule has 1 aromatic heterocycles. The minimum absolute atomic E-state index is 0.0649. The lowest BCUT2D eigenvalue weighted by Crippen LogP contribution is -2.42. The molecule has 0 radical (unpaired) electrons. The van der Waals surface area contributed by atoms with E-state index in [0.29, 0.717) is 19.3 Å². The molecule has 6 heteroatoms. The molecule has 5 nitrogen and oxygen atoms in total. The first-order valence-electron chi connectivity index (χ1n) is 9.88. The summed E-state index contributed by atoms with van der Waals surface area (Å²) in [7, 11) is 0. The fraction of sp³-hybridized carbons (Fsp3) is 0.391. The lowest BCUT2D eigenvalue weighted by atomic mass is 9.84. The van der Waals surface area contributed by atoms with Crippen molar-refractivity contribution in [1.29, 1.82) is 0 Å². The molecule has 0 saturated heterocycles. The molecular weight excluding hydrogens is 388 g/mol. The minimum Gasteiger partial charge on any atom is -0.508 e. The van der Waals surface area contributed by atoms with Crippen LogP contribution >= 0.6 is 11.3 Å². The van der Waals surface area contributed by atoms with Crippen LogP contribution in [0.15, 0.2) is 47.7 Å². The number of aromatic hydroxyl groups is 1. The van der Waals surface area contributed by atoms with Gasteiger partial charge in [-0.15, -0.1) is 11.3 Å². The number of rotatable bonds is 7. The van der Waals surface area contributed by atoms with E-state index < -0.39 is 23.6 Å². The van der Waals surface area contributed by atoms with Crippen LogP contribution in [-0.4, -0.2) is 28.1 Å². The second-order valence-corrected chi connectivity index (χ2v) is 8.72. The Balaban J connectivity index is 1.88. The third-order valence-electron chi connectivity index (χ3n) is 5.45. The number of Topliss-reactive ketones (excluding diaryl/α,β-unsaturated/α-hetero) is 1. The highest BCUT2D eigenvalue weighted by Gasteiger charge is 2.43. The van der Waals surface area contributed by atoms with Gasteiger partial charge in [0.15, 0.2) is 11.9 Å². The van der Waals surface area contributed by atoms with Crippen molar-refractivity contribution >= 4 is 23.1 Å². The molecule has 0 fully saturated rings. The number of aliphatic hydroxyl groups is 1. The Morgan fingerprint density at radius 1 is 1.03 bits per heavy atom. The van der Waals surface area contributed by atoms with Crippen LogP contribution < -0.4 is 0 Å². The Morgan fingerprint density at radius 3 is 2.28 bits per heavy atom. The van der Waals surface area contributed by atoms with Crippen LogP contribution in [0.2, 0.25) is 0 Å². The molecule has 1 aliphatic heterocycles. The van der Waals surface area contributed by atoms with E-state index in [-0.39, 0.29) is 23.2 Å². The number of phenols is 1. The van der Waals surface area contributed by atoms with Gasteiger partial charge in [-0.2, -0.15) is 0 Å². The fourth-order valence-electron chi connectivity index (χ4n) is 3.80. The van der Waals surface area contributed by atoms with Crippen LogP contribution in [0.25, 0.3) is 0 Å². The minimum atomic E-state index is -1.01. The van der Waals surface area contributed by atoms with Gasteiger partial charge in [-0.1, -0.05) is 26.0 Å². The lowest BCUT2D eigenvalue weighted by molar-refractivity contribution is -0.158. The van der Waals surface area contributed by atoms with E-state index in [2.05, 4.69) is 0 Å². The molecule has 29 heavy (non-hydrogen) atoms. The van der Waals surface area contributed by atoms with Crippen LogP contribution in [0.4, 0.5) is 0 Å². The molecule has 0 amide bonds. The highest BCUT2D eigenvalue weighted by Crippen LogP contribution is 2.38. The molecule has 2 N–H and O–H groups in total. The van der Waals surface area contributed by atoms with E-state index in [1.807, 2.05) is 32.9 Å². The van der Waals surface area contributed by atoms with Crippen LogP contribution in [-0.2, 0) is 20.7 Å².